The number of nitrogens with one attached hydrogen (secondary N) is 1. The zero-order valence-corrected chi connectivity index (χ0v) is 21.7. The number of hydrogen-bond donors (Lipinski definition) is 1. The molecule has 1 unspecified atom stereocenters. The Kier molecular flexibility index (Phi) is 6.23. The summed E-state index contributed by atoms with van der Waals surface area (Å²) in [5.74, 6) is 0.304. The summed E-state index contributed by atoms with van der Waals surface area (Å²) >= 11 is 0. The number of ether oxygens (including phenoxy) is 1. The number of rotatable bonds is 5. The van der Waals surface area contributed by atoms with E-state index in [-0.39, 0.29) is 11.5 Å². The molecule has 4 aromatic rings. The predicted molar refractivity (Wildman–Crippen MR) is 139 cm³/mol. The Morgan fingerprint density at radius 3 is 2.63 bits per heavy atom. The predicted octanol–water partition coefficient (Wildman–Crippen LogP) is 5.64. The Bertz CT molecular complexity index is 1310. The first-order chi connectivity index (χ1) is 16.7. The molecule has 1 atom stereocenters. The van der Waals surface area contributed by atoms with E-state index in [1.807, 2.05) is 10.7 Å². The van der Waals surface area contributed by atoms with Crippen LogP contribution in [0.15, 0.2) is 42.9 Å². The molecule has 7 heteroatoms. The fourth-order valence-electron chi connectivity index (χ4n) is 5.16. The third-order valence-corrected chi connectivity index (χ3v) is 6.63. The molecule has 0 aliphatic carbocycles. The molecule has 1 aromatic carbocycles. The molecule has 1 aliphatic heterocycles. The Morgan fingerprint density at radius 1 is 1.14 bits per heavy atom. The molecule has 0 radical (unpaired) electrons. The van der Waals surface area contributed by atoms with Crippen LogP contribution < -0.4 is 0 Å². The summed E-state index contributed by atoms with van der Waals surface area (Å²) in [7, 11) is 0. The van der Waals surface area contributed by atoms with Crippen LogP contribution >= 0.6 is 0 Å². The van der Waals surface area contributed by atoms with Crippen molar-refractivity contribution in [2.75, 3.05) is 26.2 Å². The van der Waals surface area contributed by atoms with Crippen molar-refractivity contribution < 1.29 is 4.74 Å². The Morgan fingerprint density at radius 2 is 1.91 bits per heavy atom. The van der Waals surface area contributed by atoms with Crippen molar-refractivity contribution >= 4 is 5.65 Å². The van der Waals surface area contributed by atoms with E-state index in [2.05, 4.69) is 92.0 Å². The molecule has 35 heavy (non-hydrogen) atoms. The molecule has 1 fully saturated rings. The topological polar surface area (TPSA) is 71.3 Å². The van der Waals surface area contributed by atoms with E-state index in [4.69, 9.17) is 9.84 Å². The van der Waals surface area contributed by atoms with Crippen LogP contribution in [0.2, 0.25) is 0 Å². The second-order valence-corrected chi connectivity index (χ2v) is 11.2. The fourth-order valence-corrected chi connectivity index (χ4v) is 5.16. The maximum atomic E-state index is 6.14. The molecule has 0 spiro atoms. The summed E-state index contributed by atoms with van der Waals surface area (Å²) in [6.07, 6.45) is 3.71. The van der Waals surface area contributed by atoms with Gasteiger partial charge in [0.15, 0.2) is 5.65 Å². The van der Waals surface area contributed by atoms with Crippen molar-refractivity contribution in [3.63, 3.8) is 0 Å². The highest BCUT2D eigenvalue weighted by Crippen LogP contribution is 2.36. The summed E-state index contributed by atoms with van der Waals surface area (Å²) in [4.78, 5) is 6.86. The largest absolute Gasteiger partial charge is 0.371 e. The number of pyridine rings is 1. The van der Waals surface area contributed by atoms with Crippen molar-refractivity contribution in [2.45, 2.75) is 53.6 Å². The Hall–Kier alpha value is -3.03. The number of morpholine rings is 1. The SMILES string of the molecule is Cc1cc(-c2n[nH]c(-c3ccc(C4CN(CC(C)(C)C)CCO4)cc3)c2C(C)C)cn2ncnc12. The van der Waals surface area contributed by atoms with Gasteiger partial charge in [0.25, 0.3) is 0 Å². The molecule has 0 bridgehead atoms. The van der Waals surface area contributed by atoms with Gasteiger partial charge in [-0.25, -0.2) is 9.50 Å². The molecule has 1 aliphatic rings. The van der Waals surface area contributed by atoms with E-state index < -0.39 is 0 Å². The molecule has 184 valence electrons. The molecule has 0 amide bonds. The molecular weight excluding hydrogens is 436 g/mol. The quantitative estimate of drug-likeness (QED) is 0.407. The first-order valence-corrected chi connectivity index (χ1v) is 12.5. The average molecular weight is 473 g/mol. The van der Waals surface area contributed by atoms with E-state index in [0.29, 0.717) is 5.92 Å². The van der Waals surface area contributed by atoms with E-state index in [1.54, 1.807) is 6.33 Å². The molecule has 1 N–H and O–H groups in total. The van der Waals surface area contributed by atoms with Crippen molar-refractivity contribution in [3.8, 4) is 22.5 Å². The van der Waals surface area contributed by atoms with Gasteiger partial charge < -0.3 is 4.74 Å². The van der Waals surface area contributed by atoms with Crippen LogP contribution in [0.5, 0.6) is 0 Å². The summed E-state index contributed by atoms with van der Waals surface area (Å²) < 4.78 is 7.97. The standard InChI is InChI=1S/C28H36N6O/c1-18(2)24-25(31-32-26(24)22-13-19(3)27-29-17-30-34(27)14-22)21-9-7-20(8-10-21)23-15-33(11-12-35-23)16-28(4,5)6/h7-10,13-14,17-18,23H,11-12,15-16H2,1-6H3,(H,31,32). The number of hydrogen-bond acceptors (Lipinski definition) is 5. The van der Waals surface area contributed by atoms with Gasteiger partial charge in [-0.15, -0.1) is 0 Å². The molecule has 5 rings (SSSR count). The number of aromatic nitrogens is 5. The Labute approximate surface area is 207 Å². The van der Waals surface area contributed by atoms with Gasteiger partial charge in [0, 0.05) is 37.0 Å². The van der Waals surface area contributed by atoms with Gasteiger partial charge in [0.05, 0.1) is 24.1 Å². The van der Waals surface area contributed by atoms with Gasteiger partial charge in [0.1, 0.15) is 6.33 Å². The van der Waals surface area contributed by atoms with E-state index in [9.17, 15) is 0 Å². The third-order valence-electron chi connectivity index (χ3n) is 6.63. The summed E-state index contributed by atoms with van der Waals surface area (Å²) in [6, 6.07) is 10.9. The number of nitrogens with zero attached hydrogens (tertiary/aromatic N) is 5. The highest BCUT2D eigenvalue weighted by atomic mass is 16.5. The molecule has 0 saturated carbocycles. The lowest BCUT2D eigenvalue weighted by Crippen LogP contribution is -2.42. The lowest BCUT2D eigenvalue weighted by atomic mass is 9.93. The Balaban J connectivity index is 1.43. The van der Waals surface area contributed by atoms with E-state index >= 15 is 0 Å². The van der Waals surface area contributed by atoms with Crippen LogP contribution in [-0.4, -0.2) is 55.9 Å². The van der Waals surface area contributed by atoms with Crippen LogP contribution in [0.3, 0.4) is 0 Å². The zero-order valence-electron chi connectivity index (χ0n) is 21.7. The molecular formula is C28H36N6O. The van der Waals surface area contributed by atoms with Gasteiger partial charge in [-0.1, -0.05) is 58.9 Å². The average Bonchev–Trinajstić information content (AvgIpc) is 3.46. The van der Waals surface area contributed by atoms with E-state index in [1.165, 1.54) is 11.1 Å². The van der Waals surface area contributed by atoms with Crippen molar-refractivity contribution in [2.24, 2.45) is 5.41 Å². The summed E-state index contributed by atoms with van der Waals surface area (Å²) in [6.45, 7) is 17.2. The van der Waals surface area contributed by atoms with Crippen LogP contribution in [0.25, 0.3) is 28.2 Å². The normalized spacial score (nSPS) is 17.5. The maximum Gasteiger partial charge on any atom is 0.158 e. The lowest BCUT2D eigenvalue weighted by molar-refractivity contribution is -0.0388. The molecule has 4 heterocycles. The van der Waals surface area contributed by atoms with Gasteiger partial charge in [-0.05, 0) is 41.0 Å². The highest BCUT2D eigenvalue weighted by molar-refractivity contribution is 5.75. The van der Waals surface area contributed by atoms with Gasteiger partial charge in [-0.3, -0.25) is 10.00 Å². The first-order valence-electron chi connectivity index (χ1n) is 12.5. The van der Waals surface area contributed by atoms with Gasteiger partial charge >= 0.3 is 0 Å². The van der Waals surface area contributed by atoms with Gasteiger partial charge in [0.2, 0.25) is 0 Å². The van der Waals surface area contributed by atoms with Crippen LogP contribution in [0, 0.1) is 12.3 Å². The number of aryl methyl sites for hydroxylation is 1. The minimum absolute atomic E-state index is 0.111. The van der Waals surface area contributed by atoms with E-state index in [0.717, 1.165) is 60.0 Å². The van der Waals surface area contributed by atoms with Gasteiger partial charge in [-0.2, -0.15) is 10.2 Å². The summed E-state index contributed by atoms with van der Waals surface area (Å²) in [5, 5.41) is 12.4. The highest BCUT2D eigenvalue weighted by Gasteiger charge is 2.26. The fraction of sp³-hybridized carbons (Fsp3) is 0.464. The summed E-state index contributed by atoms with van der Waals surface area (Å²) in [5.41, 5.74) is 8.88. The second-order valence-electron chi connectivity index (χ2n) is 11.2. The minimum Gasteiger partial charge on any atom is -0.371 e. The monoisotopic (exact) mass is 472 g/mol. The van der Waals surface area contributed by atoms with Crippen LogP contribution in [-0.2, 0) is 4.74 Å². The lowest BCUT2D eigenvalue weighted by Gasteiger charge is -2.36. The number of benzene rings is 1. The number of fused-ring (bicyclic) bond motifs is 1. The number of aromatic amines is 1. The minimum atomic E-state index is 0.111. The molecule has 1 saturated heterocycles. The first kappa shape index (κ1) is 23.7. The van der Waals surface area contributed by atoms with Crippen molar-refractivity contribution in [1.29, 1.82) is 0 Å². The maximum absolute atomic E-state index is 6.14. The van der Waals surface area contributed by atoms with Crippen LogP contribution in [0.4, 0.5) is 0 Å². The number of H-pyrrole nitrogens is 1. The van der Waals surface area contributed by atoms with Crippen molar-refractivity contribution in [3.05, 3.63) is 59.5 Å². The molecule has 7 nitrogen and oxygen atoms in total. The second kappa shape index (κ2) is 9.21. The zero-order chi connectivity index (χ0) is 24.7. The molecule has 3 aromatic heterocycles. The third kappa shape index (κ3) is 4.88. The van der Waals surface area contributed by atoms with Crippen molar-refractivity contribution in [1.82, 2.24) is 29.7 Å². The van der Waals surface area contributed by atoms with Crippen LogP contribution in [0.1, 0.15) is 63.3 Å². The smallest absolute Gasteiger partial charge is 0.158 e.